The van der Waals surface area contributed by atoms with E-state index in [9.17, 15) is 26.0 Å². The average molecular weight is 559 g/mol. The van der Waals surface area contributed by atoms with Crippen molar-refractivity contribution in [3.8, 4) is 17.0 Å². The second kappa shape index (κ2) is 9.60. The van der Waals surface area contributed by atoms with Crippen LogP contribution < -0.4 is 9.46 Å². The van der Waals surface area contributed by atoms with Gasteiger partial charge in [0, 0.05) is 28.8 Å². The van der Waals surface area contributed by atoms with E-state index in [0.29, 0.717) is 17.5 Å². The zero-order chi connectivity index (χ0) is 28.0. The smallest absolute Gasteiger partial charge is 0.416 e. The quantitative estimate of drug-likeness (QED) is 0.307. The van der Waals surface area contributed by atoms with Gasteiger partial charge in [-0.15, -0.1) is 5.10 Å². The SMILES string of the molecule is Cc1nc(-c2cc(C(F)(F)F)ccc2[C@]2(C)CCOc3cc(S(=O)(=O)Nc4cccnn4)ccc32)ccc1F. The maximum absolute atomic E-state index is 14.0. The van der Waals surface area contributed by atoms with Crippen molar-refractivity contribution in [2.24, 2.45) is 0 Å². The molecule has 2 aromatic carbocycles. The van der Waals surface area contributed by atoms with Gasteiger partial charge in [0.05, 0.1) is 28.5 Å². The summed E-state index contributed by atoms with van der Waals surface area (Å²) in [5.41, 5.74) is -0.186. The van der Waals surface area contributed by atoms with Crippen molar-refractivity contribution in [2.75, 3.05) is 11.3 Å². The van der Waals surface area contributed by atoms with Gasteiger partial charge < -0.3 is 4.74 Å². The molecule has 12 heteroatoms. The van der Waals surface area contributed by atoms with Crippen LogP contribution in [0, 0.1) is 12.7 Å². The zero-order valence-corrected chi connectivity index (χ0v) is 21.6. The summed E-state index contributed by atoms with van der Waals surface area (Å²) in [6, 6.07) is 13.3. The Balaban J connectivity index is 1.62. The highest BCUT2D eigenvalue weighted by atomic mass is 32.2. The maximum atomic E-state index is 14.0. The number of rotatable bonds is 5. The van der Waals surface area contributed by atoms with Gasteiger partial charge in [-0.1, -0.05) is 19.1 Å². The van der Waals surface area contributed by atoms with Crippen LogP contribution >= 0.6 is 0 Å². The van der Waals surface area contributed by atoms with E-state index in [2.05, 4.69) is 19.9 Å². The first-order valence-electron chi connectivity index (χ1n) is 11.8. The summed E-state index contributed by atoms with van der Waals surface area (Å²) in [4.78, 5) is 4.14. The lowest BCUT2D eigenvalue weighted by molar-refractivity contribution is -0.137. The fraction of sp³-hybridized carbons (Fsp3) is 0.222. The largest absolute Gasteiger partial charge is 0.493 e. The van der Waals surface area contributed by atoms with Crippen molar-refractivity contribution in [1.29, 1.82) is 0 Å². The van der Waals surface area contributed by atoms with Crippen LogP contribution in [0.15, 0.2) is 71.8 Å². The van der Waals surface area contributed by atoms with Gasteiger partial charge in [0.1, 0.15) is 11.6 Å². The number of benzene rings is 2. The molecule has 0 bridgehead atoms. The fourth-order valence-corrected chi connectivity index (χ4v) is 5.70. The van der Waals surface area contributed by atoms with E-state index in [-0.39, 0.29) is 40.0 Å². The van der Waals surface area contributed by atoms with Crippen LogP contribution in [0.5, 0.6) is 5.75 Å². The fourth-order valence-electron chi connectivity index (χ4n) is 4.68. The number of aromatic nitrogens is 3. The highest BCUT2D eigenvalue weighted by Crippen LogP contribution is 2.48. The van der Waals surface area contributed by atoms with E-state index in [1.54, 1.807) is 6.07 Å². The summed E-state index contributed by atoms with van der Waals surface area (Å²) in [6.07, 6.45) is -2.80. The molecule has 0 spiro atoms. The van der Waals surface area contributed by atoms with Crippen LogP contribution in [0.3, 0.4) is 0 Å². The van der Waals surface area contributed by atoms with E-state index in [1.807, 2.05) is 6.92 Å². The Morgan fingerprint density at radius 1 is 1.03 bits per heavy atom. The van der Waals surface area contributed by atoms with Gasteiger partial charge in [-0.25, -0.2) is 12.8 Å². The zero-order valence-electron chi connectivity index (χ0n) is 20.8. The molecule has 0 radical (unpaired) electrons. The second-order valence-corrected chi connectivity index (χ2v) is 11.0. The minimum Gasteiger partial charge on any atom is -0.493 e. The Hall–Kier alpha value is -4.06. The number of nitrogens with zero attached hydrogens (tertiary/aromatic N) is 3. The van der Waals surface area contributed by atoms with Gasteiger partial charge in [-0.3, -0.25) is 9.71 Å². The summed E-state index contributed by atoms with van der Waals surface area (Å²) < 4.78 is 89.1. The monoisotopic (exact) mass is 558 g/mol. The van der Waals surface area contributed by atoms with E-state index >= 15 is 0 Å². The van der Waals surface area contributed by atoms with Crippen LogP contribution in [0.4, 0.5) is 23.4 Å². The molecule has 0 fully saturated rings. The van der Waals surface area contributed by atoms with Crippen molar-refractivity contribution >= 4 is 15.8 Å². The molecule has 0 amide bonds. The summed E-state index contributed by atoms with van der Waals surface area (Å²) in [5.74, 6) is -0.254. The van der Waals surface area contributed by atoms with E-state index < -0.39 is 33.0 Å². The Bertz CT molecular complexity index is 1660. The normalized spacial score (nSPS) is 17.3. The minimum absolute atomic E-state index is 0.0393. The Labute approximate surface area is 222 Å². The van der Waals surface area contributed by atoms with Crippen LogP contribution in [0.2, 0.25) is 0 Å². The molecule has 1 N–H and O–H groups in total. The molecule has 1 aliphatic heterocycles. The lowest BCUT2D eigenvalue weighted by atomic mass is 9.70. The molecule has 4 aromatic rings. The first kappa shape index (κ1) is 26.5. The number of ether oxygens (including phenoxy) is 1. The molecule has 0 saturated carbocycles. The summed E-state index contributed by atoms with van der Waals surface area (Å²) in [5, 5.41) is 7.39. The Morgan fingerprint density at radius 2 is 1.79 bits per heavy atom. The predicted molar refractivity (Wildman–Crippen MR) is 135 cm³/mol. The molecule has 0 unspecified atom stereocenters. The van der Waals surface area contributed by atoms with Gasteiger partial charge in [0.25, 0.3) is 10.0 Å². The molecule has 1 aliphatic rings. The standard InChI is InChI=1S/C27H22F4N4O3S/c1-16-22(28)9-10-23(33-16)19-14-17(27(29,30)31)5-7-20(19)26(2)11-13-38-24-15-18(6-8-21(24)26)39(36,37)35-25-4-3-12-32-34-25/h3-10,12,14-15H,11,13H2,1-2H3,(H,34,35)/t26-/m0/s1. The number of nitrogens with one attached hydrogen (secondary N) is 1. The Kier molecular flexibility index (Phi) is 6.53. The molecule has 39 heavy (non-hydrogen) atoms. The third-order valence-electron chi connectivity index (χ3n) is 6.77. The number of pyridine rings is 1. The first-order valence-corrected chi connectivity index (χ1v) is 13.3. The highest BCUT2D eigenvalue weighted by molar-refractivity contribution is 7.92. The van der Waals surface area contributed by atoms with E-state index in [4.69, 9.17) is 4.74 Å². The van der Waals surface area contributed by atoms with Crippen molar-refractivity contribution in [3.05, 3.63) is 95.1 Å². The second-order valence-electron chi connectivity index (χ2n) is 9.32. The van der Waals surface area contributed by atoms with E-state index in [1.165, 1.54) is 55.6 Å². The number of hydrogen-bond donors (Lipinski definition) is 1. The highest BCUT2D eigenvalue weighted by Gasteiger charge is 2.39. The number of aryl methyl sites for hydroxylation is 1. The number of fused-ring (bicyclic) bond motifs is 1. The summed E-state index contributed by atoms with van der Waals surface area (Å²) >= 11 is 0. The van der Waals surface area contributed by atoms with Crippen molar-refractivity contribution in [1.82, 2.24) is 15.2 Å². The van der Waals surface area contributed by atoms with Crippen molar-refractivity contribution in [2.45, 2.75) is 36.8 Å². The molecule has 0 saturated heterocycles. The van der Waals surface area contributed by atoms with Crippen LogP contribution in [-0.2, 0) is 21.6 Å². The van der Waals surface area contributed by atoms with Crippen LogP contribution in [0.1, 0.15) is 35.7 Å². The number of anilines is 1. The lowest BCUT2D eigenvalue weighted by Gasteiger charge is -2.38. The third-order valence-corrected chi connectivity index (χ3v) is 8.12. The van der Waals surface area contributed by atoms with Gasteiger partial charge in [0.15, 0.2) is 5.82 Å². The summed E-state index contributed by atoms with van der Waals surface area (Å²) in [6.45, 7) is 3.47. The molecule has 1 atom stereocenters. The number of sulfonamides is 1. The lowest BCUT2D eigenvalue weighted by Crippen LogP contribution is -2.32. The van der Waals surface area contributed by atoms with Gasteiger partial charge in [-0.2, -0.15) is 18.3 Å². The van der Waals surface area contributed by atoms with Crippen molar-refractivity contribution in [3.63, 3.8) is 0 Å². The molecule has 202 valence electrons. The number of halogens is 4. The predicted octanol–water partition coefficient (Wildman–Crippen LogP) is 5.89. The first-order chi connectivity index (χ1) is 18.4. The molecule has 5 rings (SSSR count). The maximum Gasteiger partial charge on any atom is 0.416 e. The Morgan fingerprint density at radius 3 is 2.49 bits per heavy atom. The van der Waals surface area contributed by atoms with Gasteiger partial charge in [0.2, 0.25) is 0 Å². The summed E-state index contributed by atoms with van der Waals surface area (Å²) in [7, 11) is -4.03. The van der Waals surface area contributed by atoms with Crippen molar-refractivity contribution < 1.29 is 30.7 Å². The van der Waals surface area contributed by atoms with Gasteiger partial charge >= 0.3 is 6.18 Å². The topological polar surface area (TPSA) is 94.1 Å². The molecule has 7 nitrogen and oxygen atoms in total. The van der Waals surface area contributed by atoms with E-state index in [0.717, 1.165) is 12.1 Å². The van der Waals surface area contributed by atoms with Crippen LogP contribution in [0.25, 0.3) is 11.3 Å². The van der Waals surface area contributed by atoms with Crippen LogP contribution in [-0.4, -0.2) is 30.2 Å². The van der Waals surface area contributed by atoms with Gasteiger partial charge in [-0.05, 0) is 61.4 Å². The molecule has 3 heterocycles. The molecule has 2 aromatic heterocycles. The number of alkyl halides is 3. The number of hydrogen-bond acceptors (Lipinski definition) is 6. The minimum atomic E-state index is -4.60. The molecular weight excluding hydrogens is 536 g/mol. The average Bonchev–Trinajstić information content (AvgIpc) is 2.90. The third kappa shape index (κ3) is 5.03. The molecular formula is C27H22F4N4O3S. The molecule has 0 aliphatic carbocycles.